The molecule has 0 heterocycles. The van der Waals surface area contributed by atoms with Crippen molar-refractivity contribution >= 4 is 5.69 Å². The summed E-state index contributed by atoms with van der Waals surface area (Å²) in [6, 6.07) is 7.07. The molecule has 1 rings (SSSR count). The van der Waals surface area contributed by atoms with Crippen molar-refractivity contribution in [2.24, 2.45) is 5.92 Å². The number of anilines is 1. The van der Waals surface area contributed by atoms with Crippen LogP contribution in [-0.4, -0.2) is 6.04 Å². The summed E-state index contributed by atoms with van der Waals surface area (Å²) in [5, 5.41) is 3.54. The summed E-state index contributed by atoms with van der Waals surface area (Å²) in [5.41, 5.74) is 3.92. The Balaban J connectivity index is 2.77. The monoisotopic (exact) mass is 191 g/mol. The van der Waals surface area contributed by atoms with Gasteiger partial charge < -0.3 is 5.32 Å². The Morgan fingerprint density at radius 3 is 2.21 bits per heavy atom. The Morgan fingerprint density at radius 1 is 1.07 bits per heavy atom. The maximum absolute atomic E-state index is 3.54. The zero-order valence-corrected chi connectivity index (χ0v) is 9.89. The molecule has 0 aromatic heterocycles. The van der Waals surface area contributed by atoms with Crippen LogP contribution in [-0.2, 0) is 0 Å². The van der Waals surface area contributed by atoms with Crippen LogP contribution < -0.4 is 5.32 Å². The molecular formula is C13H21N. The third kappa shape index (κ3) is 2.76. The summed E-state index contributed by atoms with van der Waals surface area (Å²) < 4.78 is 0. The second-order valence-electron chi connectivity index (χ2n) is 4.50. The lowest BCUT2D eigenvalue weighted by molar-refractivity contribution is 0.560. The molecule has 0 saturated carbocycles. The first-order valence-electron chi connectivity index (χ1n) is 5.34. The van der Waals surface area contributed by atoms with Crippen LogP contribution in [0.15, 0.2) is 18.2 Å². The highest BCUT2D eigenvalue weighted by molar-refractivity contribution is 5.52. The van der Waals surface area contributed by atoms with Gasteiger partial charge in [0.05, 0.1) is 0 Å². The fourth-order valence-corrected chi connectivity index (χ4v) is 1.39. The van der Waals surface area contributed by atoms with Crippen molar-refractivity contribution in [2.75, 3.05) is 5.32 Å². The van der Waals surface area contributed by atoms with E-state index < -0.39 is 0 Å². The molecule has 1 nitrogen and oxygen atoms in total. The summed E-state index contributed by atoms with van der Waals surface area (Å²) >= 11 is 0. The van der Waals surface area contributed by atoms with Gasteiger partial charge in [-0.2, -0.15) is 0 Å². The molecule has 0 aliphatic carbocycles. The SMILES string of the molecule is Cc1ccc(NC(C)C(C)C)c(C)c1. The largest absolute Gasteiger partial charge is 0.382 e. The summed E-state index contributed by atoms with van der Waals surface area (Å²) in [5.74, 6) is 0.663. The van der Waals surface area contributed by atoms with Gasteiger partial charge in [-0.25, -0.2) is 0 Å². The summed E-state index contributed by atoms with van der Waals surface area (Å²) in [7, 11) is 0. The molecule has 0 saturated heterocycles. The van der Waals surface area contributed by atoms with Crippen molar-refractivity contribution in [2.45, 2.75) is 40.7 Å². The zero-order chi connectivity index (χ0) is 10.7. The smallest absolute Gasteiger partial charge is 0.0372 e. The van der Waals surface area contributed by atoms with Gasteiger partial charge in [-0.15, -0.1) is 0 Å². The maximum atomic E-state index is 3.54. The van der Waals surface area contributed by atoms with Crippen LogP contribution >= 0.6 is 0 Å². The highest BCUT2D eigenvalue weighted by Crippen LogP contribution is 2.18. The van der Waals surface area contributed by atoms with Gasteiger partial charge >= 0.3 is 0 Å². The maximum Gasteiger partial charge on any atom is 0.0372 e. The minimum absolute atomic E-state index is 0.524. The molecule has 0 aliphatic heterocycles. The number of hydrogen-bond donors (Lipinski definition) is 1. The first-order chi connectivity index (χ1) is 6.50. The molecule has 0 radical (unpaired) electrons. The van der Waals surface area contributed by atoms with Gasteiger partial charge in [0.25, 0.3) is 0 Å². The summed E-state index contributed by atoms with van der Waals surface area (Å²) in [6.07, 6.45) is 0. The second kappa shape index (κ2) is 4.50. The lowest BCUT2D eigenvalue weighted by Crippen LogP contribution is -2.21. The molecule has 14 heavy (non-hydrogen) atoms. The van der Waals surface area contributed by atoms with Crippen molar-refractivity contribution in [1.29, 1.82) is 0 Å². The highest BCUT2D eigenvalue weighted by Gasteiger charge is 2.07. The molecule has 78 valence electrons. The molecule has 1 heteroatoms. The molecule has 0 bridgehead atoms. The van der Waals surface area contributed by atoms with E-state index in [2.05, 4.69) is 58.1 Å². The Morgan fingerprint density at radius 2 is 1.71 bits per heavy atom. The third-order valence-corrected chi connectivity index (χ3v) is 2.77. The highest BCUT2D eigenvalue weighted by atomic mass is 14.9. The minimum atomic E-state index is 0.524. The molecule has 1 unspecified atom stereocenters. The van der Waals surface area contributed by atoms with E-state index in [9.17, 15) is 0 Å². The third-order valence-electron chi connectivity index (χ3n) is 2.77. The predicted molar refractivity (Wildman–Crippen MR) is 63.8 cm³/mol. The van der Waals surface area contributed by atoms with Crippen LogP contribution in [0.3, 0.4) is 0 Å². The lowest BCUT2D eigenvalue weighted by Gasteiger charge is -2.20. The molecule has 1 N–H and O–H groups in total. The number of nitrogens with one attached hydrogen (secondary N) is 1. The topological polar surface area (TPSA) is 12.0 Å². The molecule has 0 amide bonds. The summed E-state index contributed by atoms with van der Waals surface area (Å²) in [4.78, 5) is 0. The van der Waals surface area contributed by atoms with E-state index in [-0.39, 0.29) is 0 Å². The van der Waals surface area contributed by atoms with Gasteiger partial charge in [-0.05, 0) is 38.3 Å². The fourth-order valence-electron chi connectivity index (χ4n) is 1.39. The van der Waals surface area contributed by atoms with E-state index in [0.29, 0.717) is 12.0 Å². The van der Waals surface area contributed by atoms with Crippen LogP contribution in [0.25, 0.3) is 0 Å². The van der Waals surface area contributed by atoms with Crippen LogP contribution in [0.4, 0.5) is 5.69 Å². The van der Waals surface area contributed by atoms with E-state index in [0.717, 1.165) is 0 Å². The van der Waals surface area contributed by atoms with Crippen molar-refractivity contribution < 1.29 is 0 Å². The second-order valence-corrected chi connectivity index (χ2v) is 4.50. The van der Waals surface area contributed by atoms with E-state index in [1.54, 1.807) is 0 Å². The van der Waals surface area contributed by atoms with Gasteiger partial charge in [0, 0.05) is 11.7 Å². The molecule has 0 aliphatic rings. The average Bonchev–Trinajstić information content (AvgIpc) is 2.09. The van der Waals surface area contributed by atoms with Crippen molar-refractivity contribution in [3.05, 3.63) is 29.3 Å². The average molecular weight is 191 g/mol. The molecule has 0 fully saturated rings. The quantitative estimate of drug-likeness (QED) is 0.767. The van der Waals surface area contributed by atoms with Gasteiger partial charge in [-0.1, -0.05) is 31.5 Å². The number of rotatable bonds is 3. The van der Waals surface area contributed by atoms with E-state index in [1.165, 1.54) is 16.8 Å². The first kappa shape index (κ1) is 11.1. The van der Waals surface area contributed by atoms with Crippen LogP contribution in [0, 0.1) is 19.8 Å². The molecule has 1 atom stereocenters. The van der Waals surface area contributed by atoms with Crippen LogP contribution in [0.2, 0.25) is 0 Å². The standard InChI is InChI=1S/C13H21N/c1-9(2)12(5)14-13-7-6-10(3)8-11(13)4/h6-9,12,14H,1-5H3. The number of aryl methyl sites for hydroxylation is 2. The number of hydrogen-bond acceptors (Lipinski definition) is 1. The van der Waals surface area contributed by atoms with Gasteiger partial charge in [0.15, 0.2) is 0 Å². The Kier molecular flexibility index (Phi) is 3.56. The Labute approximate surface area is 87.5 Å². The van der Waals surface area contributed by atoms with Crippen molar-refractivity contribution in [1.82, 2.24) is 0 Å². The molecular weight excluding hydrogens is 170 g/mol. The van der Waals surface area contributed by atoms with Gasteiger partial charge in [0.1, 0.15) is 0 Å². The summed E-state index contributed by atoms with van der Waals surface area (Å²) in [6.45, 7) is 11.0. The van der Waals surface area contributed by atoms with Crippen LogP contribution in [0.1, 0.15) is 31.9 Å². The minimum Gasteiger partial charge on any atom is -0.382 e. The first-order valence-corrected chi connectivity index (χ1v) is 5.34. The predicted octanol–water partition coefficient (Wildman–Crippen LogP) is 3.76. The van der Waals surface area contributed by atoms with Crippen molar-refractivity contribution in [3.8, 4) is 0 Å². The Bertz CT molecular complexity index is 302. The lowest BCUT2D eigenvalue weighted by atomic mass is 10.0. The molecule has 0 spiro atoms. The fraction of sp³-hybridized carbons (Fsp3) is 0.538. The Hall–Kier alpha value is -0.980. The van der Waals surface area contributed by atoms with Gasteiger partial charge in [0.2, 0.25) is 0 Å². The molecule has 1 aromatic carbocycles. The van der Waals surface area contributed by atoms with E-state index >= 15 is 0 Å². The van der Waals surface area contributed by atoms with E-state index in [4.69, 9.17) is 0 Å². The zero-order valence-electron chi connectivity index (χ0n) is 9.89. The van der Waals surface area contributed by atoms with Crippen LogP contribution in [0.5, 0.6) is 0 Å². The van der Waals surface area contributed by atoms with Gasteiger partial charge in [-0.3, -0.25) is 0 Å². The number of benzene rings is 1. The van der Waals surface area contributed by atoms with Crippen molar-refractivity contribution in [3.63, 3.8) is 0 Å². The van der Waals surface area contributed by atoms with E-state index in [1.807, 2.05) is 0 Å². The normalized spacial score (nSPS) is 13.0. The molecule has 1 aromatic rings.